The van der Waals surface area contributed by atoms with E-state index < -0.39 is 0 Å². The lowest BCUT2D eigenvalue weighted by atomic mass is 10.2. The molecule has 3 aromatic rings. The fraction of sp³-hybridized carbons (Fsp3) is 0.300. The molecule has 0 spiro atoms. The zero-order chi connectivity index (χ0) is 18.6. The number of aromatic nitrogens is 3. The maximum atomic E-state index is 5.54. The summed E-state index contributed by atoms with van der Waals surface area (Å²) in [5.41, 5.74) is 1.29. The van der Waals surface area contributed by atoms with Gasteiger partial charge >= 0.3 is 0 Å². The molecule has 0 saturated carbocycles. The molecule has 7 heteroatoms. The second-order valence-corrected chi connectivity index (χ2v) is 7.05. The maximum absolute atomic E-state index is 5.54. The molecule has 0 aliphatic carbocycles. The number of rotatable bonds is 5. The van der Waals surface area contributed by atoms with Crippen LogP contribution in [0.4, 0.5) is 5.69 Å². The van der Waals surface area contributed by atoms with Crippen molar-refractivity contribution < 1.29 is 4.42 Å². The van der Waals surface area contributed by atoms with Crippen LogP contribution in [0.15, 0.2) is 46.9 Å². The predicted octanol–water partition coefficient (Wildman–Crippen LogP) is 3.79. The van der Waals surface area contributed by atoms with E-state index in [0.717, 1.165) is 50.2 Å². The zero-order valence-corrected chi connectivity index (χ0v) is 16.2. The number of piperazine rings is 1. The summed E-state index contributed by atoms with van der Waals surface area (Å²) < 4.78 is 8.02. The largest absolute Gasteiger partial charge is 0.462 e. The molecular weight excluding hydrogens is 358 g/mol. The summed E-state index contributed by atoms with van der Waals surface area (Å²) in [6.45, 7) is 6.66. The van der Waals surface area contributed by atoms with Crippen molar-refractivity contribution in [1.82, 2.24) is 19.7 Å². The average molecular weight is 382 g/mol. The summed E-state index contributed by atoms with van der Waals surface area (Å²) in [6, 6.07) is 14.4. The molecule has 0 amide bonds. The molecule has 2 aromatic heterocycles. The Bertz CT molecular complexity index is 964. The van der Waals surface area contributed by atoms with E-state index in [0.29, 0.717) is 4.77 Å². The zero-order valence-electron chi connectivity index (χ0n) is 15.3. The highest BCUT2D eigenvalue weighted by molar-refractivity contribution is 7.71. The van der Waals surface area contributed by atoms with Gasteiger partial charge in [-0.2, -0.15) is 4.98 Å². The van der Waals surface area contributed by atoms with Crippen molar-refractivity contribution >= 4 is 30.1 Å². The number of aromatic amines is 1. The fourth-order valence-electron chi connectivity index (χ4n) is 3.24. The third-order valence-electron chi connectivity index (χ3n) is 4.70. The number of furan rings is 1. The SMILES string of the molecule is Cc1ccc(/C=C/c2nc(=S)n(CN3CCN(c4ccccc4)CC3)[nH]2)o1. The van der Waals surface area contributed by atoms with Crippen LogP contribution in [0, 0.1) is 11.7 Å². The van der Waals surface area contributed by atoms with Gasteiger partial charge in [-0.05, 0) is 55.6 Å². The van der Waals surface area contributed by atoms with E-state index in [1.165, 1.54) is 5.69 Å². The van der Waals surface area contributed by atoms with E-state index >= 15 is 0 Å². The first-order valence-corrected chi connectivity index (χ1v) is 9.52. The van der Waals surface area contributed by atoms with Crippen LogP contribution >= 0.6 is 12.2 Å². The quantitative estimate of drug-likeness (QED) is 0.682. The average Bonchev–Trinajstić information content (AvgIpc) is 3.27. The minimum absolute atomic E-state index is 0.566. The summed E-state index contributed by atoms with van der Waals surface area (Å²) in [7, 11) is 0. The lowest BCUT2D eigenvalue weighted by Gasteiger charge is -2.35. The molecule has 0 atom stereocenters. The Morgan fingerprint density at radius 3 is 2.56 bits per heavy atom. The Hall–Kier alpha value is -2.64. The van der Waals surface area contributed by atoms with E-state index in [1.54, 1.807) is 0 Å². The van der Waals surface area contributed by atoms with Crippen LogP contribution in [-0.4, -0.2) is 45.8 Å². The van der Waals surface area contributed by atoms with Crippen molar-refractivity contribution in [3.05, 3.63) is 64.6 Å². The summed E-state index contributed by atoms with van der Waals surface area (Å²) in [6.07, 6.45) is 3.78. The number of para-hydroxylation sites is 1. The highest BCUT2D eigenvalue weighted by Crippen LogP contribution is 2.16. The smallest absolute Gasteiger partial charge is 0.217 e. The number of benzene rings is 1. The van der Waals surface area contributed by atoms with Crippen molar-refractivity contribution in [2.45, 2.75) is 13.6 Å². The summed E-state index contributed by atoms with van der Waals surface area (Å²) in [4.78, 5) is 9.22. The summed E-state index contributed by atoms with van der Waals surface area (Å²) in [5, 5.41) is 3.27. The molecule has 1 aliphatic rings. The first kappa shape index (κ1) is 17.8. The van der Waals surface area contributed by atoms with Crippen molar-refractivity contribution in [3.63, 3.8) is 0 Å². The molecule has 1 saturated heterocycles. The number of nitrogens with zero attached hydrogens (tertiary/aromatic N) is 4. The van der Waals surface area contributed by atoms with Crippen LogP contribution in [0.2, 0.25) is 0 Å². The molecule has 140 valence electrons. The third kappa shape index (κ3) is 4.37. The molecule has 1 fully saturated rings. The monoisotopic (exact) mass is 381 g/mol. The Labute approximate surface area is 163 Å². The maximum Gasteiger partial charge on any atom is 0.217 e. The Balaban J connectivity index is 1.36. The van der Waals surface area contributed by atoms with Gasteiger partial charge in [0, 0.05) is 31.9 Å². The van der Waals surface area contributed by atoms with Crippen LogP contribution in [0.25, 0.3) is 12.2 Å². The van der Waals surface area contributed by atoms with Crippen molar-refractivity contribution in [2.75, 3.05) is 31.1 Å². The van der Waals surface area contributed by atoms with Gasteiger partial charge in [0.2, 0.25) is 4.77 Å². The molecule has 0 bridgehead atoms. The number of nitrogens with one attached hydrogen (secondary N) is 1. The molecule has 3 heterocycles. The van der Waals surface area contributed by atoms with Gasteiger partial charge in [0.1, 0.15) is 17.3 Å². The van der Waals surface area contributed by atoms with Crippen LogP contribution < -0.4 is 4.90 Å². The van der Waals surface area contributed by atoms with E-state index in [-0.39, 0.29) is 0 Å². The van der Waals surface area contributed by atoms with Gasteiger partial charge in [0.05, 0.1) is 6.67 Å². The minimum Gasteiger partial charge on any atom is -0.462 e. The van der Waals surface area contributed by atoms with E-state index in [2.05, 4.69) is 50.2 Å². The molecular formula is C20H23N5OS. The third-order valence-corrected chi connectivity index (χ3v) is 5.01. The molecule has 1 aromatic carbocycles. The Morgan fingerprint density at radius 1 is 1.07 bits per heavy atom. The molecule has 1 N–H and O–H groups in total. The second kappa shape index (κ2) is 7.94. The highest BCUT2D eigenvalue weighted by Gasteiger charge is 2.17. The van der Waals surface area contributed by atoms with Crippen LogP contribution in [-0.2, 0) is 6.67 Å². The number of H-pyrrole nitrogens is 1. The first-order valence-electron chi connectivity index (χ1n) is 9.11. The van der Waals surface area contributed by atoms with E-state index in [1.807, 2.05) is 35.9 Å². The van der Waals surface area contributed by atoms with Gasteiger partial charge in [0.25, 0.3) is 0 Å². The fourth-order valence-corrected chi connectivity index (χ4v) is 3.44. The molecule has 1 aliphatic heterocycles. The number of hydrogen-bond acceptors (Lipinski definition) is 5. The first-order chi connectivity index (χ1) is 13.2. The van der Waals surface area contributed by atoms with Gasteiger partial charge in [-0.25, -0.2) is 4.68 Å². The Kier molecular flexibility index (Phi) is 5.22. The molecule has 0 unspecified atom stereocenters. The topological polar surface area (TPSA) is 53.2 Å². The van der Waals surface area contributed by atoms with Crippen molar-refractivity contribution in [2.24, 2.45) is 0 Å². The molecule has 6 nitrogen and oxygen atoms in total. The van der Waals surface area contributed by atoms with E-state index in [9.17, 15) is 0 Å². The van der Waals surface area contributed by atoms with Crippen LogP contribution in [0.5, 0.6) is 0 Å². The van der Waals surface area contributed by atoms with Crippen LogP contribution in [0.1, 0.15) is 17.3 Å². The van der Waals surface area contributed by atoms with Gasteiger partial charge in [-0.15, -0.1) is 0 Å². The standard InChI is InChI=1S/C20H23N5OS/c1-16-7-8-18(26-16)9-10-19-21-20(27)25(22-19)15-23-11-13-24(14-12-23)17-5-3-2-4-6-17/h2-10H,11-15H2,1H3,(H,21,22,27)/b10-9+. The number of hydrogen-bond donors (Lipinski definition) is 1. The van der Waals surface area contributed by atoms with Crippen molar-refractivity contribution in [3.8, 4) is 0 Å². The van der Waals surface area contributed by atoms with Gasteiger partial charge < -0.3 is 9.32 Å². The lowest BCUT2D eigenvalue weighted by Crippen LogP contribution is -2.46. The summed E-state index contributed by atoms with van der Waals surface area (Å²) in [5.74, 6) is 2.43. The molecule has 27 heavy (non-hydrogen) atoms. The van der Waals surface area contributed by atoms with Gasteiger partial charge in [-0.3, -0.25) is 10.00 Å². The number of aryl methyl sites for hydroxylation is 1. The van der Waals surface area contributed by atoms with Gasteiger partial charge in [-0.1, -0.05) is 18.2 Å². The highest BCUT2D eigenvalue weighted by atomic mass is 32.1. The number of anilines is 1. The second-order valence-electron chi connectivity index (χ2n) is 6.68. The molecule has 0 radical (unpaired) electrons. The predicted molar refractivity (Wildman–Crippen MR) is 110 cm³/mol. The normalized spacial score (nSPS) is 15.7. The van der Waals surface area contributed by atoms with Gasteiger partial charge in [0.15, 0.2) is 0 Å². The minimum atomic E-state index is 0.566. The molecule has 4 rings (SSSR count). The van der Waals surface area contributed by atoms with Crippen molar-refractivity contribution in [1.29, 1.82) is 0 Å². The summed E-state index contributed by atoms with van der Waals surface area (Å²) >= 11 is 5.40. The lowest BCUT2D eigenvalue weighted by molar-refractivity contribution is 0.194. The Morgan fingerprint density at radius 2 is 1.85 bits per heavy atom. The van der Waals surface area contributed by atoms with Crippen LogP contribution in [0.3, 0.4) is 0 Å². The van der Waals surface area contributed by atoms with E-state index in [4.69, 9.17) is 16.6 Å².